The third-order valence-electron chi connectivity index (χ3n) is 2.62. The number of hydrogen-bond acceptors (Lipinski definition) is 5. The standard InChI is InChI=1S/C11H19N3OS/c1-9-13-10(8-16-9)6-14(2)7-11-5-12-3-4-15-11/h8,11-12H,3-7H2,1-2H3. The minimum absolute atomic E-state index is 0.318. The Bertz CT molecular complexity index is 323. The molecule has 0 saturated carbocycles. The molecule has 0 bridgehead atoms. The van der Waals surface area contributed by atoms with Crippen LogP contribution in [0, 0.1) is 6.92 Å². The Kier molecular flexibility index (Phi) is 4.29. The van der Waals surface area contributed by atoms with E-state index in [-0.39, 0.29) is 0 Å². The Morgan fingerprint density at radius 3 is 3.19 bits per heavy atom. The summed E-state index contributed by atoms with van der Waals surface area (Å²) in [6.07, 6.45) is 0.318. The van der Waals surface area contributed by atoms with Crippen LogP contribution in [0.3, 0.4) is 0 Å². The molecular weight excluding hydrogens is 222 g/mol. The fraction of sp³-hybridized carbons (Fsp3) is 0.727. The van der Waals surface area contributed by atoms with Crippen molar-refractivity contribution < 1.29 is 4.74 Å². The zero-order valence-electron chi connectivity index (χ0n) is 9.90. The van der Waals surface area contributed by atoms with E-state index in [1.165, 1.54) is 0 Å². The SMILES string of the molecule is Cc1nc(CN(C)CC2CNCCO2)cs1. The van der Waals surface area contributed by atoms with Crippen molar-refractivity contribution in [2.45, 2.75) is 19.6 Å². The normalized spacial score (nSPS) is 21.6. The number of nitrogens with zero attached hydrogens (tertiary/aromatic N) is 2. The monoisotopic (exact) mass is 241 g/mol. The number of hydrogen-bond donors (Lipinski definition) is 1. The van der Waals surface area contributed by atoms with Gasteiger partial charge >= 0.3 is 0 Å². The molecule has 1 unspecified atom stereocenters. The summed E-state index contributed by atoms with van der Waals surface area (Å²) in [5.74, 6) is 0. The number of rotatable bonds is 4. The molecule has 5 heteroatoms. The number of thiazole rings is 1. The predicted molar refractivity (Wildman–Crippen MR) is 65.8 cm³/mol. The molecular formula is C11H19N3OS. The Hall–Kier alpha value is -0.490. The average molecular weight is 241 g/mol. The zero-order chi connectivity index (χ0) is 11.4. The van der Waals surface area contributed by atoms with Gasteiger partial charge in [0.05, 0.1) is 23.4 Å². The summed E-state index contributed by atoms with van der Waals surface area (Å²) in [5.41, 5.74) is 1.16. The minimum atomic E-state index is 0.318. The summed E-state index contributed by atoms with van der Waals surface area (Å²) >= 11 is 1.71. The molecule has 1 fully saturated rings. The van der Waals surface area contributed by atoms with Gasteiger partial charge in [-0.25, -0.2) is 4.98 Å². The highest BCUT2D eigenvalue weighted by atomic mass is 32.1. The lowest BCUT2D eigenvalue weighted by atomic mass is 10.3. The van der Waals surface area contributed by atoms with Crippen molar-refractivity contribution in [3.63, 3.8) is 0 Å². The van der Waals surface area contributed by atoms with E-state index in [2.05, 4.69) is 27.6 Å². The van der Waals surface area contributed by atoms with Crippen LogP contribution in [0.5, 0.6) is 0 Å². The maximum Gasteiger partial charge on any atom is 0.0897 e. The summed E-state index contributed by atoms with van der Waals surface area (Å²) in [4.78, 5) is 6.73. The second-order valence-electron chi connectivity index (χ2n) is 4.25. The third-order valence-corrected chi connectivity index (χ3v) is 3.44. The van der Waals surface area contributed by atoms with E-state index in [4.69, 9.17) is 4.74 Å². The molecule has 1 aliphatic heterocycles. The van der Waals surface area contributed by atoms with E-state index in [0.29, 0.717) is 6.10 Å². The van der Waals surface area contributed by atoms with Gasteiger partial charge in [0.25, 0.3) is 0 Å². The van der Waals surface area contributed by atoms with Crippen LogP contribution in [0.1, 0.15) is 10.7 Å². The predicted octanol–water partition coefficient (Wildman–Crippen LogP) is 0.872. The number of ether oxygens (including phenoxy) is 1. The van der Waals surface area contributed by atoms with E-state index < -0.39 is 0 Å². The van der Waals surface area contributed by atoms with Crippen molar-refractivity contribution in [1.82, 2.24) is 15.2 Å². The van der Waals surface area contributed by atoms with Crippen LogP contribution in [0.4, 0.5) is 0 Å². The van der Waals surface area contributed by atoms with Gasteiger partial charge in [0, 0.05) is 31.6 Å². The summed E-state index contributed by atoms with van der Waals surface area (Å²) in [7, 11) is 2.12. The Balaban J connectivity index is 1.77. The Morgan fingerprint density at radius 2 is 2.56 bits per heavy atom. The molecule has 90 valence electrons. The van der Waals surface area contributed by atoms with Crippen molar-refractivity contribution in [2.75, 3.05) is 33.3 Å². The molecule has 0 radical (unpaired) electrons. The summed E-state index contributed by atoms with van der Waals surface area (Å²) in [6.45, 7) is 6.68. The molecule has 1 aliphatic rings. The molecule has 0 spiro atoms. The van der Waals surface area contributed by atoms with Crippen molar-refractivity contribution in [1.29, 1.82) is 0 Å². The first-order chi connectivity index (χ1) is 7.74. The van der Waals surface area contributed by atoms with E-state index in [1.54, 1.807) is 11.3 Å². The molecule has 1 aromatic heterocycles. The second kappa shape index (κ2) is 5.72. The van der Waals surface area contributed by atoms with Crippen LogP contribution in [-0.4, -0.2) is 49.3 Å². The van der Waals surface area contributed by atoms with Crippen molar-refractivity contribution in [3.8, 4) is 0 Å². The Morgan fingerprint density at radius 1 is 1.69 bits per heavy atom. The highest BCUT2D eigenvalue weighted by molar-refractivity contribution is 7.09. The number of nitrogens with one attached hydrogen (secondary N) is 1. The quantitative estimate of drug-likeness (QED) is 0.849. The lowest BCUT2D eigenvalue weighted by Gasteiger charge is -2.27. The molecule has 1 saturated heterocycles. The molecule has 2 rings (SSSR count). The highest BCUT2D eigenvalue weighted by Gasteiger charge is 2.15. The maximum absolute atomic E-state index is 5.67. The molecule has 1 atom stereocenters. The molecule has 4 nitrogen and oxygen atoms in total. The first-order valence-corrected chi connectivity index (χ1v) is 6.54. The maximum atomic E-state index is 5.67. The summed E-state index contributed by atoms with van der Waals surface area (Å²) in [5, 5.41) is 6.61. The Labute approximate surface area is 101 Å². The van der Waals surface area contributed by atoms with E-state index in [1.807, 2.05) is 6.92 Å². The molecule has 1 aromatic rings. The van der Waals surface area contributed by atoms with E-state index in [0.717, 1.165) is 43.5 Å². The van der Waals surface area contributed by atoms with Crippen molar-refractivity contribution in [2.24, 2.45) is 0 Å². The van der Waals surface area contributed by atoms with Crippen LogP contribution < -0.4 is 5.32 Å². The fourth-order valence-electron chi connectivity index (χ4n) is 1.91. The molecule has 0 aromatic carbocycles. The van der Waals surface area contributed by atoms with Crippen molar-refractivity contribution >= 4 is 11.3 Å². The zero-order valence-corrected chi connectivity index (χ0v) is 10.7. The second-order valence-corrected chi connectivity index (χ2v) is 5.31. The van der Waals surface area contributed by atoms with Gasteiger partial charge in [-0.05, 0) is 14.0 Å². The van der Waals surface area contributed by atoms with Gasteiger partial charge in [0.15, 0.2) is 0 Å². The number of likely N-dealkylation sites (N-methyl/N-ethyl adjacent to an activating group) is 1. The average Bonchev–Trinajstić information content (AvgIpc) is 2.65. The van der Waals surface area contributed by atoms with Gasteiger partial charge in [-0.3, -0.25) is 4.90 Å². The van der Waals surface area contributed by atoms with Gasteiger partial charge < -0.3 is 10.1 Å². The molecule has 16 heavy (non-hydrogen) atoms. The third kappa shape index (κ3) is 3.52. The molecule has 0 amide bonds. The van der Waals surface area contributed by atoms with Gasteiger partial charge in [0.2, 0.25) is 0 Å². The topological polar surface area (TPSA) is 37.4 Å². The summed E-state index contributed by atoms with van der Waals surface area (Å²) in [6, 6.07) is 0. The minimum Gasteiger partial charge on any atom is -0.374 e. The van der Waals surface area contributed by atoms with E-state index in [9.17, 15) is 0 Å². The number of aromatic nitrogens is 1. The van der Waals surface area contributed by atoms with Gasteiger partial charge in [-0.15, -0.1) is 11.3 Å². The lowest BCUT2D eigenvalue weighted by molar-refractivity contribution is 0.00870. The lowest BCUT2D eigenvalue weighted by Crippen LogP contribution is -2.44. The van der Waals surface area contributed by atoms with Crippen LogP contribution in [-0.2, 0) is 11.3 Å². The largest absolute Gasteiger partial charge is 0.374 e. The van der Waals surface area contributed by atoms with Gasteiger partial charge in [0.1, 0.15) is 0 Å². The van der Waals surface area contributed by atoms with Crippen molar-refractivity contribution in [3.05, 3.63) is 16.1 Å². The van der Waals surface area contributed by atoms with Crippen LogP contribution in [0.25, 0.3) is 0 Å². The molecule has 0 aliphatic carbocycles. The van der Waals surface area contributed by atoms with Crippen LogP contribution >= 0.6 is 11.3 Å². The number of aryl methyl sites for hydroxylation is 1. The van der Waals surface area contributed by atoms with E-state index >= 15 is 0 Å². The van der Waals surface area contributed by atoms with Crippen LogP contribution in [0.2, 0.25) is 0 Å². The fourth-order valence-corrected chi connectivity index (χ4v) is 2.51. The van der Waals surface area contributed by atoms with Crippen LogP contribution in [0.15, 0.2) is 5.38 Å². The summed E-state index contributed by atoms with van der Waals surface area (Å²) < 4.78 is 5.67. The first kappa shape index (κ1) is 12.0. The molecule has 2 heterocycles. The number of morpholine rings is 1. The molecule has 1 N–H and O–H groups in total. The van der Waals surface area contributed by atoms with Gasteiger partial charge in [-0.1, -0.05) is 0 Å². The first-order valence-electron chi connectivity index (χ1n) is 5.66. The van der Waals surface area contributed by atoms with Gasteiger partial charge in [-0.2, -0.15) is 0 Å². The smallest absolute Gasteiger partial charge is 0.0897 e. The highest BCUT2D eigenvalue weighted by Crippen LogP contribution is 2.10.